The Bertz CT molecular complexity index is 878. The summed E-state index contributed by atoms with van der Waals surface area (Å²) in [6, 6.07) is 9.47. The normalized spacial score (nSPS) is 11.5. The van der Waals surface area contributed by atoms with Crippen LogP contribution in [0.2, 0.25) is 0 Å². The van der Waals surface area contributed by atoms with Gasteiger partial charge in [-0.25, -0.2) is 17.6 Å². The zero-order chi connectivity index (χ0) is 18.1. The van der Waals surface area contributed by atoms with E-state index < -0.39 is 21.8 Å². The van der Waals surface area contributed by atoms with Crippen molar-refractivity contribution in [2.75, 3.05) is 11.4 Å². The smallest absolute Gasteiger partial charge is 0.335 e. The number of benzene rings is 2. The van der Waals surface area contributed by atoms with E-state index in [1.165, 1.54) is 43.4 Å². The van der Waals surface area contributed by atoms with E-state index in [0.29, 0.717) is 5.56 Å². The van der Waals surface area contributed by atoms with Gasteiger partial charge in [0.2, 0.25) is 0 Å². The third-order valence-corrected chi connectivity index (χ3v) is 5.54. The van der Waals surface area contributed by atoms with Gasteiger partial charge < -0.3 is 5.11 Å². The van der Waals surface area contributed by atoms with Crippen LogP contribution < -0.4 is 4.31 Å². The van der Waals surface area contributed by atoms with Crippen LogP contribution in [-0.2, 0) is 10.0 Å². The number of aromatic carboxylic acids is 1. The Balaban J connectivity index is 2.66. The summed E-state index contributed by atoms with van der Waals surface area (Å²) < 4.78 is 40.7. The second kappa shape index (κ2) is 6.60. The number of para-hydroxylation sites is 1. The lowest BCUT2D eigenvalue weighted by Gasteiger charge is -2.23. The number of anilines is 1. The molecule has 0 spiro atoms. The van der Waals surface area contributed by atoms with Gasteiger partial charge in [0.25, 0.3) is 10.0 Å². The molecular weight excluding hydrogens is 333 g/mol. The number of carboxylic acid groups (broad SMARTS) is 1. The first-order valence-electron chi connectivity index (χ1n) is 7.27. The van der Waals surface area contributed by atoms with Gasteiger partial charge in [0, 0.05) is 7.05 Å². The maximum absolute atomic E-state index is 14.0. The molecule has 0 bridgehead atoms. The minimum Gasteiger partial charge on any atom is -0.478 e. The van der Waals surface area contributed by atoms with E-state index in [4.69, 9.17) is 5.11 Å². The number of carboxylic acids is 1. The summed E-state index contributed by atoms with van der Waals surface area (Å²) in [5, 5.41) is 9.14. The minimum absolute atomic E-state index is 0.104. The fourth-order valence-electron chi connectivity index (χ4n) is 2.35. The Morgan fingerprint density at radius 1 is 1.17 bits per heavy atom. The average Bonchev–Trinajstić information content (AvgIpc) is 2.53. The Hall–Kier alpha value is -2.41. The van der Waals surface area contributed by atoms with Gasteiger partial charge in [-0.15, -0.1) is 0 Å². The zero-order valence-electron chi connectivity index (χ0n) is 13.5. The third-order valence-electron chi connectivity index (χ3n) is 3.71. The number of nitrogens with zero attached hydrogens (tertiary/aromatic N) is 1. The summed E-state index contributed by atoms with van der Waals surface area (Å²) in [6.45, 7) is 3.61. The Kier molecular flexibility index (Phi) is 4.94. The first kappa shape index (κ1) is 17.9. The Morgan fingerprint density at radius 3 is 2.33 bits per heavy atom. The molecule has 0 saturated heterocycles. The Labute approximate surface area is 140 Å². The minimum atomic E-state index is -4.12. The van der Waals surface area contributed by atoms with Crippen LogP contribution in [0.4, 0.5) is 10.1 Å². The molecule has 0 fully saturated rings. The lowest BCUT2D eigenvalue weighted by molar-refractivity contribution is 0.0696. The van der Waals surface area contributed by atoms with Crippen LogP contribution in [0.3, 0.4) is 0 Å². The summed E-state index contributed by atoms with van der Waals surface area (Å²) in [4.78, 5) is 11.1. The van der Waals surface area contributed by atoms with Gasteiger partial charge in [0.05, 0.1) is 16.1 Å². The lowest BCUT2D eigenvalue weighted by Crippen LogP contribution is -2.28. The highest BCUT2D eigenvalue weighted by atomic mass is 32.2. The quantitative estimate of drug-likeness (QED) is 0.895. The number of sulfonamides is 1. The van der Waals surface area contributed by atoms with Crippen LogP contribution in [0.1, 0.15) is 35.7 Å². The molecule has 0 amide bonds. The number of hydrogen-bond donors (Lipinski definition) is 1. The first-order valence-corrected chi connectivity index (χ1v) is 8.71. The summed E-state index contributed by atoms with van der Waals surface area (Å²) >= 11 is 0. The molecule has 0 radical (unpaired) electrons. The molecule has 5 nitrogen and oxygen atoms in total. The average molecular weight is 351 g/mol. The summed E-state index contributed by atoms with van der Waals surface area (Å²) in [6.07, 6.45) is 0. The number of hydrogen-bond acceptors (Lipinski definition) is 3. The van der Waals surface area contributed by atoms with E-state index in [0.717, 1.165) is 10.4 Å². The monoisotopic (exact) mass is 351 g/mol. The predicted molar refractivity (Wildman–Crippen MR) is 89.5 cm³/mol. The summed E-state index contributed by atoms with van der Waals surface area (Å²) in [5.41, 5.74) is 0.232. The van der Waals surface area contributed by atoms with Crippen LogP contribution in [-0.4, -0.2) is 26.5 Å². The standard InChI is InChI=1S/C17H18FNO4S/c1-11(2)13-9-8-12(17(20)21)10-16(13)24(22,23)19(3)15-7-5-4-6-14(15)18/h4-11H,1-3H3,(H,20,21). The molecule has 24 heavy (non-hydrogen) atoms. The first-order chi connectivity index (χ1) is 11.2. The van der Waals surface area contributed by atoms with Crippen molar-refractivity contribution in [3.8, 4) is 0 Å². The molecule has 2 rings (SSSR count). The fraction of sp³-hybridized carbons (Fsp3) is 0.235. The van der Waals surface area contributed by atoms with Gasteiger partial charge in [-0.1, -0.05) is 32.0 Å². The molecule has 0 aromatic heterocycles. The van der Waals surface area contributed by atoms with Crippen molar-refractivity contribution in [1.82, 2.24) is 0 Å². The van der Waals surface area contributed by atoms with Gasteiger partial charge in [-0.3, -0.25) is 4.31 Å². The summed E-state index contributed by atoms with van der Waals surface area (Å²) in [7, 11) is -2.87. The molecular formula is C17H18FNO4S. The highest BCUT2D eigenvalue weighted by Crippen LogP contribution is 2.30. The van der Waals surface area contributed by atoms with Crippen molar-refractivity contribution in [3.05, 3.63) is 59.4 Å². The molecule has 7 heteroatoms. The molecule has 0 atom stereocenters. The maximum atomic E-state index is 14.0. The number of halogens is 1. The molecule has 0 aliphatic rings. The molecule has 1 N–H and O–H groups in total. The van der Waals surface area contributed by atoms with E-state index in [1.54, 1.807) is 13.8 Å². The zero-order valence-corrected chi connectivity index (χ0v) is 14.3. The molecule has 0 aliphatic carbocycles. The van der Waals surface area contributed by atoms with Crippen molar-refractivity contribution in [1.29, 1.82) is 0 Å². The largest absolute Gasteiger partial charge is 0.478 e. The van der Waals surface area contributed by atoms with Crippen molar-refractivity contribution >= 4 is 21.7 Å². The van der Waals surface area contributed by atoms with Crippen molar-refractivity contribution in [3.63, 3.8) is 0 Å². The van der Waals surface area contributed by atoms with E-state index in [9.17, 15) is 17.6 Å². The van der Waals surface area contributed by atoms with E-state index in [1.807, 2.05) is 0 Å². The molecule has 128 valence electrons. The van der Waals surface area contributed by atoms with Gasteiger partial charge >= 0.3 is 5.97 Å². The van der Waals surface area contributed by atoms with E-state index in [-0.39, 0.29) is 22.1 Å². The highest BCUT2D eigenvalue weighted by Gasteiger charge is 2.28. The van der Waals surface area contributed by atoms with Crippen molar-refractivity contribution in [2.45, 2.75) is 24.7 Å². The molecule has 0 aliphatic heterocycles. The highest BCUT2D eigenvalue weighted by molar-refractivity contribution is 7.92. The van der Waals surface area contributed by atoms with Crippen LogP contribution in [0.25, 0.3) is 0 Å². The summed E-state index contributed by atoms with van der Waals surface area (Å²) in [5.74, 6) is -2.05. The van der Waals surface area contributed by atoms with E-state index in [2.05, 4.69) is 0 Å². The van der Waals surface area contributed by atoms with Crippen LogP contribution >= 0.6 is 0 Å². The van der Waals surface area contributed by atoms with Crippen molar-refractivity contribution in [2.24, 2.45) is 0 Å². The molecule has 0 unspecified atom stereocenters. The van der Waals surface area contributed by atoms with Crippen molar-refractivity contribution < 1.29 is 22.7 Å². The van der Waals surface area contributed by atoms with Crippen LogP contribution in [0.15, 0.2) is 47.4 Å². The second-order valence-electron chi connectivity index (χ2n) is 5.64. The van der Waals surface area contributed by atoms with Crippen LogP contribution in [0, 0.1) is 5.82 Å². The third kappa shape index (κ3) is 3.26. The maximum Gasteiger partial charge on any atom is 0.335 e. The fourth-order valence-corrected chi connectivity index (χ4v) is 3.93. The molecule has 0 heterocycles. The number of rotatable bonds is 5. The van der Waals surface area contributed by atoms with Crippen LogP contribution in [0.5, 0.6) is 0 Å². The molecule has 2 aromatic carbocycles. The topological polar surface area (TPSA) is 74.7 Å². The second-order valence-corrected chi connectivity index (χ2v) is 7.57. The SMILES string of the molecule is CC(C)c1ccc(C(=O)O)cc1S(=O)(=O)N(C)c1ccccc1F. The lowest BCUT2D eigenvalue weighted by atomic mass is 10.0. The predicted octanol–water partition coefficient (Wildman–Crippen LogP) is 3.47. The molecule has 0 saturated carbocycles. The van der Waals surface area contributed by atoms with Gasteiger partial charge in [0.15, 0.2) is 0 Å². The number of carbonyl (C=O) groups is 1. The van der Waals surface area contributed by atoms with Gasteiger partial charge in [-0.05, 0) is 35.7 Å². The van der Waals surface area contributed by atoms with Gasteiger partial charge in [0.1, 0.15) is 5.82 Å². The molecule has 2 aromatic rings. The Morgan fingerprint density at radius 2 is 1.79 bits per heavy atom. The van der Waals surface area contributed by atoms with Gasteiger partial charge in [-0.2, -0.15) is 0 Å². The van der Waals surface area contributed by atoms with E-state index >= 15 is 0 Å².